The van der Waals surface area contributed by atoms with Crippen LogP contribution in [0.2, 0.25) is 0 Å². The molecule has 2 atom stereocenters. The minimum atomic E-state index is -1.34. The number of benzene rings is 2. The summed E-state index contributed by atoms with van der Waals surface area (Å²) < 4.78 is 5.24. The Hall–Kier alpha value is -3.71. The summed E-state index contributed by atoms with van der Waals surface area (Å²) >= 11 is 4.19. The molecule has 0 spiro atoms. The van der Waals surface area contributed by atoms with Crippen LogP contribution in [0.1, 0.15) is 43.5 Å². The highest BCUT2D eigenvalue weighted by atomic mass is 32.1. The second kappa shape index (κ2) is 12.8. The molecule has 3 amide bonds. The van der Waals surface area contributed by atoms with E-state index in [1.165, 1.54) is 6.07 Å². The number of hydrogen-bond donors (Lipinski definition) is 4. The number of aromatic hydroxyl groups is 1. The fourth-order valence-corrected chi connectivity index (χ4v) is 3.69. The number of nitrogens with one attached hydrogen (secondary N) is 2. The van der Waals surface area contributed by atoms with Crippen molar-refractivity contribution >= 4 is 30.5 Å². The van der Waals surface area contributed by atoms with Gasteiger partial charge in [-0.1, -0.05) is 48.5 Å². The SMILES string of the molecule is Cc1cccc(C(C(=O)NCc2ccccc2)N(CC#N)C(=O)C(CS)NC(=O)OC(C)(C)C)c1O. The molecule has 0 fully saturated rings. The number of amides is 3. The maximum Gasteiger partial charge on any atom is 0.408 e. The lowest BCUT2D eigenvalue weighted by atomic mass is 9.99. The number of carbonyl (C=O) groups excluding carboxylic acids is 3. The third kappa shape index (κ3) is 7.92. The normalized spacial score (nSPS) is 12.6. The highest BCUT2D eigenvalue weighted by Crippen LogP contribution is 2.32. The van der Waals surface area contributed by atoms with E-state index in [4.69, 9.17) is 4.74 Å². The van der Waals surface area contributed by atoms with Crippen molar-refractivity contribution in [2.45, 2.75) is 51.9 Å². The van der Waals surface area contributed by atoms with E-state index in [2.05, 4.69) is 23.3 Å². The van der Waals surface area contributed by atoms with E-state index in [1.54, 1.807) is 39.8 Å². The second-order valence-electron chi connectivity index (χ2n) is 9.12. The lowest BCUT2D eigenvalue weighted by molar-refractivity contribution is -0.141. The van der Waals surface area contributed by atoms with Gasteiger partial charge in [0.15, 0.2) is 0 Å². The summed E-state index contributed by atoms with van der Waals surface area (Å²) in [7, 11) is 0. The number of alkyl carbamates (subject to hydrolysis) is 1. The zero-order chi connectivity index (χ0) is 26.9. The molecule has 0 aliphatic carbocycles. The predicted octanol–water partition coefficient (Wildman–Crippen LogP) is 3.23. The van der Waals surface area contributed by atoms with Crippen LogP contribution in [0.3, 0.4) is 0 Å². The van der Waals surface area contributed by atoms with Crippen LogP contribution in [0, 0.1) is 18.3 Å². The predicted molar refractivity (Wildman–Crippen MR) is 138 cm³/mol. The summed E-state index contributed by atoms with van der Waals surface area (Å²) in [4.78, 5) is 40.4. The maximum atomic E-state index is 13.5. The number of thiol groups is 1. The van der Waals surface area contributed by atoms with Crippen molar-refractivity contribution in [2.24, 2.45) is 0 Å². The number of hydrogen-bond acceptors (Lipinski definition) is 7. The van der Waals surface area contributed by atoms with E-state index in [9.17, 15) is 24.8 Å². The average Bonchev–Trinajstić information content (AvgIpc) is 2.82. The summed E-state index contributed by atoms with van der Waals surface area (Å²) in [6.45, 7) is 6.40. The molecule has 0 aliphatic rings. The molecular formula is C26H32N4O5S. The van der Waals surface area contributed by atoms with Gasteiger partial charge in [0, 0.05) is 17.9 Å². The highest BCUT2D eigenvalue weighted by molar-refractivity contribution is 7.80. The molecule has 0 saturated carbocycles. The fraction of sp³-hybridized carbons (Fsp3) is 0.385. The summed E-state index contributed by atoms with van der Waals surface area (Å²) in [6.07, 6.45) is -0.838. The summed E-state index contributed by atoms with van der Waals surface area (Å²) in [5.41, 5.74) is 0.680. The molecule has 0 aliphatic heterocycles. The van der Waals surface area contributed by atoms with Gasteiger partial charge < -0.3 is 25.4 Å². The van der Waals surface area contributed by atoms with E-state index >= 15 is 0 Å². The van der Waals surface area contributed by atoms with Crippen molar-refractivity contribution in [3.05, 3.63) is 65.2 Å². The van der Waals surface area contributed by atoms with Crippen LogP contribution in [0.15, 0.2) is 48.5 Å². The Balaban J connectivity index is 2.43. The molecule has 10 heteroatoms. The molecule has 36 heavy (non-hydrogen) atoms. The van der Waals surface area contributed by atoms with Gasteiger partial charge in [0.25, 0.3) is 0 Å². The van der Waals surface area contributed by atoms with E-state index in [-0.39, 0.29) is 23.6 Å². The topological polar surface area (TPSA) is 132 Å². The van der Waals surface area contributed by atoms with Gasteiger partial charge in [0.1, 0.15) is 30.0 Å². The highest BCUT2D eigenvalue weighted by Gasteiger charge is 2.37. The monoisotopic (exact) mass is 512 g/mol. The third-order valence-electron chi connectivity index (χ3n) is 5.13. The van der Waals surface area contributed by atoms with Crippen LogP contribution in [0.25, 0.3) is 0 Å². The first-order valence-corrected chi connectivity index (χ1v) is 12.0. The number of phenolic OH excluding ortho intramolecular Hbond substituents is 1. The fourth-order valence-electron chi connectivity index (χ4n) is 3.44. The van der Waals surface area contributed by atoms with Crippen molar-refractivity contribution in [1.29, 1.82) is 5.26 Å². The molecule has 3 N–H and O–H groups in total. The largest absolute Gasteiger partial charge is 0.507 e. The molecule has 2 aromatic rings. The van der Waals surface area contributed by atoms with Crippen molar-refractivity contribution in [2.75, 3.05) is 12.3 Å². The Morgan fingerprint density at radius 1 is 1.14 bits per heavy atom. The smallest absolute Gasteiger partial charge is 0.408 e. The molecule has 2 aromatic carbocycles. The number of rotatable bonds is 9. The van der Waals surface area contributed by atoms with E-state index < -0.39 is 42.1 Å². The van der Waals surface area contributed by atoms with E-state index in [0.717, 1.165) is 10.5 Å². The Kier molecular flexibility index (Phi) is 10.2. The zero-order valence-corrected chi connectivity index (χ0v) is 21.7. The molecule has 2 unspecified atom stereocenters. The number of para-hydroxylation sites is 1. The van der Waals surface area contributed by atoms with Crippen molar-refractivity contribution in [3.8, 4) is 11.8 Å². The van der Waals surface area contributed by atoms with Gasteiger partial charge in [-0.15, -0.1) is 0 Å². The summed E-state index contributed by atoms with van der Waals surface area (Å²) in [5.74, 6) is -1.61. The van der Waals surface area contributed by atoms with Crippen LogP contribution in [0.4, 0.5) is 4.79 Å². The van der Waals surface area contributed by atoms with E-state index in [1.807, 2.05) is 36.4 Å². The first kappa shape index (κ1) is 28.5. The number of phenols is 1. The van der Waals surface area contributed by atoms with Gasteiger partial charge >= 0.3 is 6.09 Å². The van der Waals surface area contributed by atoms with Crippen LogP contribution in [0.5, 0.6) is 5.75 Å². The van der Waals surface area contributed by atoms with Gasteiger partial charge in [-0.3, -0.25) is 9.59 Å². The third-order valence-corrected chi connectivity index (χ3v) is 5.49. The van der Waals surface area contributed by atoms with Crippen molar-refractivity contribution in [3.63, 3.8) is 0 Å². The summed E-state index contributed by atoms with van der Waals surface area (Å²) in [5, 5.41) is 25.5. The van der Waals surface area contributed by atoms with Gasteiger partial charge in [0.05, 0.1) is 6.07 Å². The van der Waals surface area contributed by atoms with Gasteiger partial charge in [0.2, 0.25) is 11.8 Å². The molecule has 0 saturated heterocycles. The van der Waals surface area contributed by atoms with E-state index in [0.29, 0.717) is 5.56 Å². The molecular weight excluding hydrogens is 480 g/mol. The Morgan fingerprint density at radius 3 is 2.39 bits per heavy atom. The maximum absolute atomic E-state index is 13.5. The first-order valence-electron chi connectivity index (χ1n) is 11.4. The Labute approximate surface area is 216 Å². The molecule has 9 nitrogen and oxygen atoms in total. The quantitative estimate of drug-likeness (QED) is 0.301. The van der Waals surface area contributed by atoms with Crippen molar-refractivity contribution < 1.29 is 24.2 Å². The van der Waals surface area contributed by atoms with Crippen LogP contribution in [-0.4, -0.2) is 51.9 Å². The number of ether oxygens (including phenoxy) is 1. The number of carbonyl (C=O) groups is 3. The standard InChI is InChI=1S/C26H32N4O5S/c1-17-9-8-12-19(22(17)31)21(23(32)28-15-18-10-6-5-7-11-18)30(14-13-27)24(33)20(16-36)29-25(34)35-26(2,3)4/h5-12,20-21,31,36H,14-16H2,1-4H3,(H,28,32)(H,29,34). The molecule has 192 valence electrons. The lowest BCUT2D eigenvalue weighted by Gasteiger charge is -2.33. The average molecular weight is 513 g/mol. The molecule has 0 bridgehead atoms. The van der Waals surface area contributed by atoms with Gasteiger partial charge in [-0.2, -0.15) is 17.9 Å². The molecule has 2 rings (SSSR count). The number of nitriles is 1. The molecule has 0 radical (unpaired) electrons. The van der Waals surface area contributed by atoms with Gasteiger partial charge in [-0.05, 0) is 38.8 Å². The Bertz CT molecular complexity index is 1110. The molecule has 0 heterocycles. The lowest BCUT2D eigenvalue weighted by Crippen LogP contribution is -2.53. The second-order valence-corrected chi connectivity index (χ2v) is 9.49. The Morgan fingerprint density at radius 2 is 1.81 bits per heavy atom. The zero-order valence-electron chi connectivity index (χ0n) is 20.8. The van der Waals surface area contributed by atoms with Crippen molar-refractivity contribution in [1.82, 2.24) is 15.5 Å². The number of nitrogens with zero attached hydrogens (tertiary/aromatic N) is 2. The minimum Gasteiger partial charge on any atom is -0.507 e. The van der Waals surface area contributed by atoms with Crippen LogP contribution < -0.4 is 10.6 Å². The van der Waals surface area contributed by atoms with Gasteiger partial charge in [-0.25, -0.2) is 4.79 Å². The number of aryl methyl sites for hydroxylation is 1. The summed E-state index contributed by atoms with van der Waals surface area (Å²) in [6, 6.07) is 13.4. The van der Waals surface area contributed by atoms with Crippen LogP contribution >= 0.6 is 12.6 Å². The van der Waals surface area contributed by atoms with Crippen LogP contribution in [-0.2, 0) is 20.9 Å². The minimum absolute atomic E-state index is 0.113. The first-order chi connectivity index (χ1) is 17.0. The molecule has 0 aromatic heterocycles.